The van der Waals surface area contributed by atoms with E-state index in [1.165, 1.54) is 36.3 Å². The summed E-state index contributed by atoms with van der Waals surface area (Å²) in [7, 11) is 8.01. The lowest BCUT2D eigenvalue weighted by molar-refractivity contribution is -0.753. The van der Waals surface area contributed by atoms with Gasteiger partial charge >= 0.3 is 5.95 Å². The number of unbranched alkanes of at least 4 members (excludes halogenated alkanes) is 2. The topological polar surface area (TPSA) is 61.5 Å². The van der Waals surface area contributed by atoms with Gasteiger partial charge < -0.3 is 10.6 Å². The Morgan fingerprint density at radius 3 is 2.59 bits per heavy atom. The molecule has 1 heterocycles. The van der Waals surface area contributed by atoms with Gasteiger partial charge in [-0.25, -0.2) is 5.43 Å². The SMILES string of the molecule is CCCCCNCCSSCCNc1ccc(N[NH2+]c2n(C)cc[n+]2C)c(C)c1. The Morgan fingerprint density at radius 1 is 1.10 bits per heavy atom. The lowest BCUT2D eigenvalue weighted by Gasteiger charge is -2.10. The van der Waals surface area contributed by atoms with Crippen molar-refractivity contribution in [3.63, 3.8) is 0 Å². The van der Waals surface area contributed by atoms with E-state index < -0.39 is 0 Å². The molecule has 0 amide bonds. The molecule has 0 bridgehead atoms. The molecule has 2 aromatic rings. The van der Waals surface area contributed by atoms with Gasteiger partial charge in [0.25, 0.3) is 0 Å². The van der Waals surface area contributed by atoms with E-state index in [-0.39, 0.29) is 0 Å². The quantitative estimate of drug-likeness (QED) is 0.113. The number of hydrogen-bond acceptors (Lipinski definition) is 5. The molecule has 0 fully saturated rings. The number of imidazole rings is 1. The van der Waals surface area contributed by atoms with E-state index >= 15 is 0 Å². The number of benzene rings is 1. The smallest absolute Gasteiger partial charge is 0.384 e. The Labute approximate surface area is 184 Å². The van der Waals surface area contributed by atoms with Crippen molar-refractivity contribution in [2.24, 2.45) is 14.1 Å². The third-order valence-electron chi connectivity index (χ3n) is 4.74. The van der Waals surface area contributed by atoms with Gasteiger partial charge in [-0.3, -0.25) is 0 Å². The number of aromatic nitrogens is 2. The molecule has 0 atom stereocenters. The largest absolute Gasteiger partial charge is 0.476 e. The molecular weight excluding hydrogens is 400 g/mol. The Hall–Kier alpha value is -1.35. The maximum absolute atomic E-state index is 3.53. The second-order valence-electron chi connectivity index (χ2n) is 7.22. The Balaban J connectivity index is 1.59. The molecule has 0 saturated heterocycles. The number of nitrogens with zero attached hydrogens (tertiary/aromatic N) is 2. The molecule has 0 spiro atoms. The number of anilines is 2. The summed E-state index contributed by atoms with van der Waals surface area (Å²) < 4.78 is 4.19. The summed E-state index contributed by atoms with van der Waals surface area (Å²) in [5.41, 5.74) is 9.02. The van der Waals surface area contributed by atoms with Crippen molar-refractivity contribution in [1.82, 2.24) is 9.88 Å². The minimum Gasteiger partial charge on any atom is -0.384 e. The Kier molecular flexibility index (Phi) is 11.4. The summed E-state index contributed by atoms with van der Waals surface area (Å²) in [5.74, 6) is 3.40. The van der Waals surface area contributed by atoms with Gasteiger partial charge in [0, 0.05) is 30.3 Å². The molecular formula is C21H38N6S2+2. The fraction of sp³-hybridized carbons (Fsp3) is 0.571. The first-order valence-electron chi connectivity index (χ1n) is 10.5. The molecule has 5 N–H and O–H groups in total. The first kappa shape index (κ1) is 23.9. The van der Waals surface area contributed by atoms with Gasteiger partial charge in [-0.05, 0) is 43.7 Å². The van der Waals surface area contributed by atoms with Crippen LogP contribution in [0.4, 0.5) is 17.3 Å². The molecule has 2 rings (SSSR count). The molecule has 8 heteroatoms. The highest BCUT2D eigenvalue weighted by molar-refractivity contribution is 8.76. The van der Waals surface area contributed by atoms with Gasteiger partial charge in [0.15, 0.2) is 0 Å². The van der Waals surface area contributed by atoms with Crippen LogP contribution in [-0.2, 0) is 14.1 Å². The highest BCUT2D eigenvalue weighted by Crippen LogP contribution is 2.21. The molecule has 162 valence electrons. The fourth-order valence-electron chi connectivity index (χ4n) is 2.98. The molecule has 0 unspecified atom stereocenters. The summed E-state index contributed by atoms with van der Waals surface area (Å²) in [6.07, 6.45) is 8.03. The molecule has 1 aromatic carbocycles. The van der Waals surface area contributed by atoms with Gasteiger partial charge in [0.2, 0.25) is 0 Å². The van der Waals surface area contributed by atoms with Gasteiger partial charge in [-0.1, -0.05) is 41.4 Å². The lowest BCUT2D eigenvalue weighted by atomic mass is 10.2. The van der Waals surface area contributed by atoms with Crippen LogP contribution in [0.1, 0.15) is 31.7 Å². The maximum Gasteiger partial charge on any atom is 0.476 e. The third kappa shape index (κ3) is 8.90. The molecule has 0 aliphatic rings. The van der Waals surface area contributed by atoms with Gasteiger partial charge in [-0.2, -0.15) is 9.13 Å². The average molecular weight is 439 g/mol. The fourth-order valence-corrected chi connectivity index (χ4v) is 4.83. The minimum atomic E-state index is 0.985. The number of rotatable bonds is 15. The molecule has 0 radical (unpaired) electrons. The highest BCUT2D eigenvalue weighted by Gasteiger charge is 2.15. The normalized spacial score (nSPS) is 11.0. The summed E-state index contributed by atoms with van der Waals surface area (Å²) in [4.78, 5) is 0. The Morgan fingerprint density at radius 2 is 1.90 bits per heavy atom. The number of aryl methyl sites for hydroxylation is 3. The number of quaternary nitrogens is 1. The minimum absolute atomic E-state index is 0.985. The van der Waals surface area contributed by atoms with Crippen molar-refractivity contribution >= 4 is 38.9 Å². The molecule has 1 aromatic heterocycles. The molecule has 0 aliphatic heterocycles. The van der Waals surface area contributed by atoms with E-state index in [0.29, 0.717) is 0 Å². The summed E-state index contributed by atoms with van der Waals surface area (Å²) in [6, 6.07) is 6.49. The molecule has 6 nitrogen and oxygen atoms in total. The van der Waals surface area contributed by atoms with E-state index in [1.54, 1.807) is 0 Å². The Bertz CT molecular complexity index is 700. The van der Waals surface area contributed by atoms with E-state index in [4.69, 9.17) is 0 Å². The third-order valence-corrected chi connectivity index (χ3v) is 7.15. The zero-order valence-corrected chi connectivity index (χ0v) is 20.0. The second-order valence-corrected chi connectivity index (χ2v) is 9.93. The van der Waals surface area contributed by atoms with Crippen LogP contribution in [0.5, 0.6) is 0 Å². The van der Waals surface area contributed by atoms with E-state index in [1.807, 2.05) is 53.5 Å². The van der Waals surface area contributed by atoms with Gasteiger partial charge in [0.1, 0.15) is 12.4 Å². The monoisotopic (exact) mass is 438 g/mol. The maximum atomic E-state index is 3.53. The number of nitrogens with one attached hydrogen (secondary N) is 3. The molecule has 29 heavy (non-hydrogen) atoms. The summed E-state index contributed by atoms with van der Waals surface area (Å²) >= 11 is 0. The zero-order chi connectivity index (χ0) is 20.9. The van der Waals surface area contributed by atoms with Crippen molar-refractivity contribution in [3.8, 4) is 0 Å². The molecule has 0 aliphatic carbocycles. The molecule has 0 saturated carbocycles. The van der Waals surface area contributed by atoms with Crippen LogP contribution in [0.15, 0.2) is 30.6 Å². The van der Waals surface area contributed by atoms with Crippen molar-refractivity contribution in [3.05, 3.63) is 36.2 Å². The summed E-state index contributed by atoms with van der Waals surface area (Å²) in [6.45, 7) is 7.65. The first-order valence-corrected chi connectivity index (χ1v) is 13.0. The number of nitrogen functional groups attached to an aromatic ring is 1. The second kappa shape index (κ2) is 13.8. The van der Waals surface area contributed by atoms with Gasteiger partial charge in [0.05, 0.1) is 19.8 Å². The van der Waals surface area contributed by atoms with Gasteiger partial charge in [-0.15, -0.1) is 5.43 Å². The average Bonchev–Trinajstić information content (AvgIpc) is 3.03. The van der Waals surface area contributed by atoms with Crippen molar-refractivity contribution in [1.29, 1.82) is 0 Å². The number of hydrogen-bond donors (Lipinski definition) is 4. The van der Waals surface area contributed by atoms with Crippen molar-refractivity contribution in [2.75, 3.05) is 41.9 Å². The van der Waals surface area contributed by atoms with Crippen LogP contribution in [0.25, 0.3) is 0 Å². The van der Waals surface area contributed by atoms with Crippen LogP contribution >= 0.6 is 21.6 Å². The lowest BCUT2D eigenvalue weighted by Crippen LogP contribution is -2.86. The first-order chi connectivity index (χ1) is 14.1. The summed E-state index contributed by atoms with van der Waals surface area (Å²) in [5, 5.41) is 7.04. The van der Waals surface area contributed by atoms with E-state index in [9.17, 15) is 0 Å². The van der Waals surface area contributed by atoms with Crippen LogP contribution < -0.4 is 26.1 Å². The van der Waals surface area contributed by atoms with E-state index in [2.05, 4.69) is 57.2 Å². The predicted molar refractivity (Wildman–Crippen MR) is 129 cm³/mol. The van der Waals surface area contributed by atoms with Crippen LogP contribution in [-0.4, -0.2) is 35.7 Å². The van der Waals surface area contributed by atoms with Crippen LogP contribution in [0.3, 0.4) is 0 Å². The van der Waals surface area contributed by atoms with Crippen LogP contribution in [0, 0.1) is 6.92 Å². The zero-order valence-electron chi connectivity index (χ0n) is 18.3. The van der Waals surface area contributed by atoms with Crippen molar-refractivity contribution < 1.29 is 9.99 Å². The highest BCUT2D eigenvalue weighted by atomic mass is 33.1. The number of nitrogens with two attached hydrogens (primary N) is 1. The van der Waals surface area contributed by atoms with Crippen LogP contribution in [0.2, 0.25) is 0 Å². The van der Waals surface area contributed by atoms with Crippen molar-refractivity contribution in [2.45, 2.75) is 33.1 Å². The standard InChI is InChI=1S/C21H36N6S2/c1-5-6-7-10-22-11-15-28-29-16-12-23-19-8-9-20(18(2)17-19)24-25-21-26(3)13-14-27(21)4/h8-9,13-14,17,22-24H,5-7,10-12,15-16H2,1-4H3/p+2. The van der Waals surface area contributed by atoms with E-state index in [0.717, 1.165) is 37.0 Å². The predicted octanol–water partition coefficient (Wildman–Crippen LogP) is 2.95.